The summed E-state index contributed by atoms with van der Waals surface area (Å²) in [6.45, 7) is 12.1. The average molecular weight is 449 g/mol. The SMILES string of the molecule is CCNC(=NCC(C)(C)OC)N1CCC(C)C(n2ccnc2)C1.I. The van der Waals surface area contributed by atoms with Gasteiger partial charge in [-0.3, -0.25) is 4.99 Å². The molecule has 0 spiro atoms. The molecule has 1 aliphatic rings. The maximum atomic E-state index is 5.48. The number of halogens is 1. The van der Waals surface area contributed by atoms with Crippen LogP contribution in [0.2, 0.25) is 0 Å². The molecule has 0 aliphatic carbocycles. The summed E-state index contributed by atoms with van der Waals surface area (Å²) in [6.07, 6.45) is 6.98. The number of imidazole rings is 1. The molecule has 2 rings (SSSR count). The number of ether oxygens (including phenoxy) is 1. The van der Waals surface area contributed by atoms with Gasteiger partial charge in [-0.15, -0.1) is 24.0 Å². The van der Waals surface area contributed by atoms with Crippen molar-refractivity contribution in [2.75, 3.05) is 33.3 Å². The van der Waals surface area contributed by atoms with Crippen molar-refractivity contribution < 1.29 is 4.74 Å². The van der Waals surface area contributed by atoms with Crippen LogP contribution in [0.15, 0.2) is 23.7 Å². The Morgan fingerprint density at radius 2 is 2.21 bits per heavy atom. The third-order valence-electron chi connectivity index (χ3n) is 4.62. The summed E-state index contributed by atoms with van der Waals surface area (Å²) < 4.78 is 7.71. The number of aromatic nitrogens is 2. The van der Waals surface area contributed by atoms with E-state index in [1.165, 1.54) is 0 Å². The van der Waals surface area contributed by atoms with Crippen molar-refractivity contribution >= 4 is 29.9 Å². The number of rotatable bonds is 5. The van der Waals surface area contributed by atoms with Gasteiger partial charge in [0.15, 0.2) is 5.96 Å². The molecule has 138 valence electrons. The molecule has 2 heterocycles. The van der Waals surface area contributed by atoms with Crippen LogP contribution in [-0.2, 0) is 4.74 Å². The summed E-state index contributed by atoms with van der Waals surface area (Å²) in [5.74, 6) is 1.62. The molecule has 7 heteroatoms. The second-order valence-corrected chi connectivity index (χ2v) is 6.92. The molecule has 1 aliphatic heterocycles. The molecule has 24 heavy (non-hydrogen) atoms. The van der Waals surface area contributed by atoms with Crippen molar-refractivity contribution in [3.63, 3.8) is 0 Å². The van der Waals surface area contributed by atoms with Gasteiger partial charge in [0, 0.05) is 39.1 Å². The Hall–Kier alpha value is -0.830. The lowest BCUT2D eigenvalue weighted by Crippen LogP contribution is -2.49. The van der Waals surface area contributed by atoms with E-state index in [4.69, 9.17) is 9.73 Å². The van der Waals surface area contributed by atoms with E-state index in [1.54, 1.807) is 7.11 Å². The minimum atomic E-state index is -0.243. The lowest BCUT2D eigenvalue weighted by atomic mass is 9.93. The van der Waals surface area contributed by atoms with Crippen LogP contribution >= 0.6 is 24.0 Å². The van der Waals surface area contributed by atoms with Crippen LogP contribution in [0.3, 0.4) is 0 Å². The van der Waals surface area contributed by atoms with Crippen LogP contribution in [0.4, 0.5) is 0 Å². The smallest absolute Gasteiger partial charge is 0.194 e. The first-order chi connectivity index (χ1) is 11.0. The minimum absolute atomic E-state index is 0. The molecule has 6 nitrogen and oxygen atoms in total. The van der Waals surface area contributed by atoms with Gasteiger partial charge < -0.3 is 19.5 Å². The first-order valence-electron chi connectivity index (χ1n) is 8.52. The van der Waals surface area contributed by atoms with E-state index in [0.717, 1.165) is 32.0 Å². The van der Waals surface area contributed by atoms with Gasteiger partial charge in [0.2, 0.25) is 0 Å². The third kappa shape index (κ3) is 5.61. The van der Waals surface area contributed by atoms with Crippen LogP contribution in [0.25, 0.3) is 0 Å². The standard InChI is InChI=1S/C17H31N5O.HI/c1-6-19-16(20-12-17(3,4)23-5)21-9-7-14(2)15(11-21)22-10-8-18-13-22;/h8,10,13-15H,6-7,9,11-12H2,1-5H3,(H,19,20);1H. The minimum Gasteiger partial charge on any atom is -0.377 e. The number of likely N-dealkylation sites (tertiary alicyclic amines) is 1. The third-order valence-corrected chi connectivity index (χ3v) is 4.62. The van der Waals surface area contributed by atoms with Crippen molar-refractivity contribution in [3.8, 4) is 0 Å². The van der Waals surface area contributed by atoms with E-state index in [-0.39, 0.29) is 29.6 Å². The quantitative estimate of drug-likeness (QED) is 0.427. The van der Waals surface area contributed by atoms with Crippen LogP contribution in [0, 0.1) is 5.92 Å². The topological polar surface area (TPSA) is 54.7 Å². The van der Waals surface area contributed by atoms with Gasteiger partial charge >= 0.3 is 0 Å². The lowest BCUT2D eigenvalue weighted by Gasteiger charge is -2.39. The van der Waals surface area contributed by atoms with Crippen LogP contribution in [0.5, 0.6) is 0 Å². The summed E-state index contributed by atoms with van der Waals surface area (Å²) >= 11 is 0. The largest absolute Gasteiger partial charge is 0.377 e. The number of guanidine groups is 1. The summed E-state index contributed by atoms with van der Waals surface area (Å²) in [5.41, 5.74) is -0.243. The molecule has 2 atom stereocenters. The first kappa shape index (κ1) is 21.2. The molecular formula is C17H32IN5O. The van der Waals surface area contributed by atoms with Crippen molar-refractivity contribution in [3.05, 3.63) is 18.7 Å². The number of hydrogen-bond donors (Lipinski definition) is 1. The molecule has 0 radical (unpaired) electrons. The summed E-state index contributed by atoms with van der Waals surface area (Å²) in [7, 11) is 1.74. The van der Waals surface area contributed by atoms with Crippen molar-refractivity contribution in [2.45, 2.75) is 45.8 Å². The monoisotopic (exact) mass is 449 g/mol. The van der Waals surface area contributed by atoms with E-state index in [2.05, 4.69) is 53.7 Å². The second kappa shape index (κ2) is 9.60. The summed E-state index contributed by atoms with van der Waals surface area (Å²) in [4.78, 5) is 11.4. The zero-order chi connectivity index (χ0) is 16.9. The molecule has 2 unspecified atom stereocenters. The number of nitrogens with zero attached hydrogens (tertiary/aromatic N) is 4. The van der Waals surface area contributed by atoms with Crippen molar-refractivity contribution in [2.24, 2.45) is 10.9 Å². The zero-order valence-electron chi connectivity index (χ0n) is 15.5. The molecule has 0 bridgehead atoms. The Kier molecular flexibility index (Phi) is 8.49. The van der Waals surface area contributed by atoms with Crippen LogP contribution < -0.4 is 5.32 Å². The fourth-order valence-electron chi connectivity index (χ4n) is 2.85. The Morgan fingerprint density at radius 1 is 1.46 bits per heavy atom. The van der Waals surface area contributed by atoms with Gasteiger partial charge in [0.05, 0.1) is 24.5 Å². The number of hydrogen-bond acceptors (Lipinski definition) is 3. The molecular weight excluding hydrogens is 417 g/mol. The molecule has 1 aromatic heterocycles. The van der Waals surface area contributed by atoms with Crippen LogP contribution in [0.1, 0.15) is 40.2 Å². The summed E-state index contributed by atoms with van der Waals surface area (Å²) in [6, 6.07) is 0.436. The number of piperidine rings is 1. The highest BCUT2D eigenvalue weighted by Crippen LogP contribution is 2.27. The van der Waals surface area contributed by atoms with Gasteiger partial charge in [0.1, 0.15) is 0 Å². The van der Waals surface area contributed by atoms with E-state index in [9.17, 15) is 0 Å². The predicted octanol–water partition coefficient (Wildman–Crippen LogP) is 2.77. The molecule has 0 amide bonds. The Bertz CT molecular complexity index is 503. The zero-order valence-corrected chi connectivity index (χ0v) is 17.9. The number of aliphatic imine (C=N–C) groups is 1. The lowest BCUT2D eigenvalue weighted by molar-refractivity contribution is 0.0307. The summed E-state index contributed by atoms with van der Waals surface area (Å²) in [5, 5.41) is 3.43. The fourth-order valence-corrected chi connectivity index (χ4v) is 2.85. The Labute approximate surface area is 163 Å². The Morgan fingerprint density at radius 3 is 2.79 bits per heavy atom. The first-order valence-corrected chi connectivity index (χ1v) is 8.52. The maximum Gasteiger partial charge on any atom is 0.194 e. The fraction of sp³-hybridized carbons (Fsp3) is 0.765. The molecule has 1 fully saturated rings. The highest BCUT2D eigenvalue weighted by Gasteiger charge is 2.29. The molecule has 1 aromatic rings. The Balaban J connectivity index is 0.00000288. The highest BCUT2D eigenvalue weighted by atomic mass is 127. The van der Waals surface area contributed by atoms with Gasteiger partial charge in [-0.2, -0.15) is 0 Å². The van der Waals surface area contributed by atoms with E-state index < -0.39 is 0 Å². The van der Waals surface area contributed by atoms with E-state index in [0.29, 0.717) is 18.5 Å². The molecule has 1 saturated heterocycles. The average Bonchev–Trinajstić information content (AvgIpc) is 3.06. The van der Waals surface area contributed by atoms with Crippen LogP contribution in [-0.4, -0.2) is 59.3 Å². The predicted molar refractivity (Wildman–Crippen MR) is 109 cm³/mol. The number of nitrogens with one attached hydrogen (secondary N) is 1. The molecule has 1 N–H and O–H groups in total. The van der Waals surface area contributed by atoms with Crippen molar-refractivity contribution in [1.29, 1.82) is 0 Å². The second-order valence-electron chi connectivity index (χ2n) is 6.92. The van der Waals surface area contributed by atoms with Gasteiger partial charge in [-0.1, -0.05) is 6.92 Å². The van der Waals surface area contributed by atoms with Gasteiger partial charge in [-0.25, -0.2) is 4.98 Å². The number of methoxy groups -OCH3 is 1. The molecule has 0 saturated carbocycles. The highest BCUT2D eigenvalue weighted by molar-refractivity contribution is 14.0. The van der Waals surface area contributed by atoms with Gasteiger partial charge in [-0.05, 0) is 33.1 Å². The van der Waals surface area contributed by atoms with E-state index >= 15 is 0 Å². The normalized spacial score (nSPS) is 22.2. The molecule has 0 aromatic carbocycles. The van der Waals surface area contributed by atoms with E-state index in [1.807, 2.05) is 12.5 Å². The van der Waals surface area contributed by atoms with Gasteiger partial charge in [0.25, 0.3) is 0 Å². The van der Waals surface area contributed by atoms with Crippen molar-refractivity contribution in [1.82, 2.24) is 19.8 Å². The maximum absolute atomic E-state index is 5.48.